The van der Waals surface area contributed by atoms with Crippen LogP contribution in [0, 0.1) is 12.3 Å². The van der Waals surface area contributed by atoms with Crippen LogP contribution in [0.3, 0.4) is 0 Å². The second-order valence-electron chi connectivity index (χ2n) is 4.34. The highest BCUT2D eigenvalue weighted by Gasteiger charge is 2.27. The Kier molecular flexibility index (Phi) is 3.71. The highest BCUT2D eigenvalue weighted by molar-refractivity contribution is 7.89. The third-order valence-electron chi connectivity index (χ3n) is 2.82. The summed E-state index contributed by atoms with van der Waals surface area (Å²) in [5, 5.41) is 9.73. The number of hydrogen-bond acceptors (Lipinski definition) is 4. The molecule has 0 radical (unpaired) electrons. The van der Waals surface area contributed by atoms with Gasteiger partial charge in [0, 0.05) is 25.2 Å². The average Bonchev–Trinajstić information content (AvgIpc) is 3.03. The van der Waals surface area contributed by atoms with Gasteiger partial charge in [-0.05, 0) is 12.8 Å². The summed E-state index contributed by atoms with van der Waals surface area (Å²) in [4.78, 5) is 0. The molecule has 1 aliphatic rings. The van der Waals surface area contributed by atoms with Crippen LogP contribution in [0.4, 0.5) is 0 Å². The van der Waals surface area contributed by atoms with E-state index in [0.717, 1.165) is 17.1 Å². The van der Waals surface area contributed by atoms with Gasteiger partial charge in [0.2, 0.25) is 0 Å². The third-order valence-corrected chi connectivity index (χ3v) is 4.64. The molecular formula is C11H16N4O2S. The molecule has 0 aromatic carbocycles. The second kappa shape index (κ2) is 5.10. The second-order valence-corrected chi connectivity index (χ2v) is 6.33. The van der Waals surface area contributed by atoms with Gasteiger partial charge in [-0.1, -0.05) is 5.92 Å². The highest BCUT2D eigenvalue weighted by atomic mass is 32.2. The predicted octanol–water partition coefficient (Wildman–Crippen LogP) is -0.0846. The lowest BCUT2D eigenvalue weighted by Gasteiger charge is -2.14. The molecule has 0 bridgehead atoms. The zero-order valence-corrected chi connectivity index (χ0v) is 11.0. The van der Waals surface area contributed by atoms with Crippen LogP contribution in [0.25, 0.3) is 0 Å². The molecule has 2 rings (SSSR count). The minimum atomic E-state index is -3.58. The van der Waals surface area contributed by atoms with Gasteiger partial charge in [0.15, 0.2) is 5.03 Å². The van der Waals surface area contributed by atoms with Gasteiger partial charge >= 0.3 is 0 Å². The number of rotatable bonds is 6. The number of nitrogens with one attached hydrogen (secondary N) is 2. The fourth-order valence-corrected chi connectivity index (χ4v) is 2.74. The van der Waals surface area contributed by atoms with E-state index in [2.05, 4.69) is 21.4 Å². The highest BCUT2D eigenvalue weighted by Crippen LogP contribution is 2.21. The summed E-state index contributed by atoms with van der Waals surface area (Å²) in [5.74, 6) is 2.31. The number of aromatic nitrogens is 2. The average molecular weight is 268 g/mol. The lowest BCUT2D eigenvalue weighted by atomic mass is 10.3. The van der Waals surface area contributed by atoms with Crippen LogP contribution in [-0.2, 0) is 16.6 Å². The summed E-state index contributed by atoms with van der Waals surface area (Å²) in [6.45, 7) is 0.538. The molecule has 0 unspecified atom stereocenters. The molecule has 1 aliphatic carbocycles. The lowest BCUT2D eigenvalue weighted by molar-refractivity contribution is 0.497. The molecule has 1 aromatic rings. The topological polar surface area (TPSA) is 78.1 Å². The Labute approximate surface area is 107 Å². The molecule has 18 heavy (non-hydrogen) atoms. The number of H-pyrrole nitrogens is 1. The fourth-order valence-electron chi connectivity index (χ4n) is 1.56. The van der Waals surface area contributed by atoms with E-state index in [0.29, 0.717) is 18.2 Å². The van der Waals surface area contributed by atoms with Crippen molar-refractivity contribution in [2.24, 2.45) is 0 Å². The number of hydrogen-bond donors (Lipinski definition) is 2. The van der Waals surface area contributed by atoms with E-state index in [1.807, 2.05) is 0 Å². The van der Waals surface area contributed by atoms with Gasteiger partial charge in [-0.25, -0.2) is 8.42 Å². The monoisotopic (exact) mass is 268 g/mol. The molecule has 6 nitrogen and oxygen atoms in total. The van der Waals surface area contributed by atoms with E-state index in [4.69, 9.17) is 6.42 Å². The van der Waals surface area contributed by atoms with Crippen molar-refractivity contribution < 1.29 is 8.42 Å². The molecule has 0 saturated heterocycles. The van der Waals surface area contributed by atoms with E-state index < -0.39 is 10.0 Å². The number of terminal acetylenes is 1. The molecule has 98 valence electrons. The van der Waals surface area contributed by atoms with Crippen molar-refractivity contribution in [3.63, 3.8) is 0 Å². The molecule has 0 atom stereocenters. The van der Waals surface area contributed by atoms with Gasteiger partial charge in [0.05, 0.1) is 12.7 Å². The summed E-state index contributed by atoms with van der Waals surface area (Å²) in [6.07, 6.45) is 8.96. The van der Waals surface area contributed by atoms with Crippen LogP contribution >= 0.6 is 0 Å². The number of aromatic amines is 1. The van der Waals surface area contributed by atoms with E-state index >= 15 is 0 Å². The Morgan fingerprint density at radius 3 is 3.00 bits per heavy atom. The molecule has 1 saturated carbocycles. The van der Waals surface area contributed by atoms with Crippen molar-refractivity contribution in [2.45, 2.75) is 30.5 Å². The van der Waals surface area contributed by atoms with E-state index in [1.54, 1.807) is 0 Å². The summed E-state index contributed by atoms with van der Waals surface area (Å²) in [5.41, 5.74) is 0.644. The minimum Gasteiger partial charge on any atom is -0.310 e. The summed E-state index contributed by atoms with van der Waals surface area (Å²) >= 11 is 0. The van der Waals surface area contributed by atoms with Gasteiger partial charge in [0.1, 0.15) is 0 Å². The first-order valence-electron chi connectivity index (χ1n) is 5.71. The molecule has 1 fully saturated rings. The van der Waals surface area contributed by atoms with E-state index in [1.165, 1.54) is 13.2 Å². The Morgan fingerprint density at radius 2 is 2.39 bits per heavy atom. The summed E-state index contributed by atoms with van der Waals surface area (Å²) in [6, 6.07) is 0.513. The van der Waals surface area contributed by atoms with Crippen molar-refractivity contribution in [1.82, 2.24) is 19.8 Å². The normalized spacial score (nSPS) is 15.8. The molecule has 1 aromatic heterocycles. The molecular weight excluding hydrogens is 252 g/mol. The first kappa shape index (κ1) is 13.1. The van der Waals surface area contributed by atoms with Crippen molar-refractivity contribution in [3.05, 3.63) is 11.8 Å². The maximum absolute atomic E-state index is 12.2. The first-order chi connectivity index (χ1) is 8.55. The van der Waals surface area contributed by atoms with Crippen LogP contribution in [0.15, 0.2) is 11.2 Å². The molecule has 1 heterocycles. The first-order valence-corrected chi connectivity index (χ1v) is 7.15. The number of sulfonamides is 1. The van der Waals surface area contributed by atoms with Crippen LogP contribution in [0.5, 0.6) is 0 Å². The van der Waals surface area contributed by atoms with Crippen LogP contribution in [0.2, 0.25) is 0 Å². The van der Waals surface area contributed by atoms with Crippen LogP contribution in [-0.4, -0.2) is 42.6 Å². The third kappa shape index (κ3) is 2.72. The van der Waals surface area contributed by atoms with Gasteiger partial charge < -0.3 is 5.32 Å². The van der Waals surface area contributed by atoms with Crippen LogP contribution in [0.1, 0.15) is 18.4 Å². The minimum absolute atomic E-state index is 0.0385. The van der Waals surface area contributed by atoms with Gasteiger partial charge in [-0.2, -0.15) is 9.40 Å². The van der Waals surface area contributed by atoms with Crippen molar-refractivity contribution in [2.75, 3.05) is 13.6 Å². The quantitative estimate of drug-likeness (QED) is 0.707. The molecule has 0 amide bonds. The SMILES string of the molecule is C#CCN(C)S(=O)(=O)c1[nH]ncc1CNC1CC1. The Bertz CT molecular complexity index is 554. The molecule has 7 heteroatoms. The number of nitrogens with zero attached hydrogens (tertiary/aromatic N) is 2. The van der Waals surface area contributed by atoms with E-state index in [9.17, 15) is 8.42 Å². The van der Waals surface area contributed by atoms with Crippen molar-refractivity contribution in [3.8, 4) is 12.3 Å². The standard InChI is InChI=1S/C11H16N4O2S/c1-3-6-15(2)18(16,17)11-9(8-13-14-11)7-12-10-4-5-10/h1,8,10,12H,4-7H2,2H3,(H,13,14). The molecule has 2 N–H and O–H groups in total. The maximum Gasteiger partial charge on any atom is 0.260 e. The van der Waals surface area contributed by atoms with E-state index in [-0.39, 0.29) is 11.6 Å². The van der Waals surface area contributed by atoms with Gasteiger partial charge in [0.25, 0.3) is 10.0 Å². The Balaban J connectivity index is 2.16. The zero-order valence-electron chi connectivity index (χ0n) is 10.2. The van der Waals surface area contributed by atoms with Gasteiger partial charge in [-0.15, -0.1) is 6.42 Å². The summed E-state index contributed by atoms with van der Waals surface area (Å²) in [7, 11) is -2.13. The van der Waals surface area contributed by atoms with Crippen molar-refractivity contribution in [1.29, 1.82) is 0 Å². The largest absolute Gasteiger partial charge is 0.310 e. The zero-order chi connectivity index (χ0) is 13.2. The van der Waals surface area contributed by atoms with Crippen molar-refractivity contribution >= 4 is 10.0 Å². The molecule has 0 spiro atoms. The smallest absolute Gasteiger partial charge is 0.260 e. The predicted molar refractivity (Wildman–Crippen MR) is 67.1 cm³/mol. The fraction of sp³-hybridized carbons (Fsp3) is 0.545. The Morgan fingerprint density at radius 1 is 1.67 bits per heavy atom. The van der Waals surface area contributed by atoms with Gasteiger partial charge in [-0.3, -0.25) is 5.10 Å². The maximum atomic E-state index is 12.2. The summed E-state index contributed by atoms with van der Waals surface area (Å²) < 4.78 is 25.5. The Hall–Kier alpha value is -1.36. The van der Waals surface area contributed by atoms with Crippen LogP contribution < -0.4 is 5.32 Å². The molecule has 0 aliphatic heterocycles. The lowest BCUT2D eigenvalue weighted by Crippen LogP contribution is -2.29.